The van der Waals surface area contributed by atoms with Crippen molar-refractivity contribution in [3.05, 3.63) is 39.9 Å². The number of Topliss-reactive ketones (excluding diaryl/α,β-unsaturated/α-hetero) is 1. The molecule has 17 heavy (non-hydrogen) atoms. The maximum atomic E-state index is 11.6. The molecule has 6 nitrogen and oxygen atoms in total. The summed E-state index contributed by atoms with van der Waals surface area (Å²) >= 11 is 5.47. The monoisotopic (exact) mass is 277 g/mol. The smallest absolute Gasteiger partial charge is 0.270 e. The Balaban J connectivity index is 3.14. The molecule has 0 aliphatic rings. The van der Waals surface area contributed by atoms with Crippen molar-refractivity contribution in [1.29, 1.82) is 0 Å². The van der Waals surface area contributed by atoms with Gasteiger partial charge >= 0.3 is 0 Å². The van der Waals surface area contributed by atoms with E-state index >= 15 is 0 Å². The van der Waals surface area contributed by atoms with Crippen molar-refractivity contribution in [2.24, 2.45) is 0 Å². The summed E-state index contributed by atoms with van der Waals surface area (Å²) in [5.74, 6) is -0.877. The number of hydrogen-bond acceptors (Lipinski definition) is 5. The SMILES string of the molecule is CS(=O)(=O)C(Cl)C(=O)c1cccc([N+](=O)[O-])c1. The fourth-order valence-electron chi connectivity index (χ4n) is 1.10. The Morgan fingerprint density at radius 2 is 2.06 bits per heavy atom. The molecule has 1 atom stereocenters. The summed E-state index contributed by atoms with van der Waals surface area (Å²) in [6.07, 6.45) is 0.819. The number of non-ortho nitro benzene ring substituents is 1. The molecule has 1 aromatic rings. The number of nitro groups is 1. The van der Waals surface area contributed by atoms with E-state index in [4.69, 9.17) is 11.6 Å². The molecule has 0 bridgehead atoms. The number of ketones is 1. The number of nitrogens with zero attached hydrogens (tertiary/aromatic N) is 1. The van der Waals surface area contributed by atoms with Crippen molar-refractivity contribution in [2.45, 2.75) is 4.71 Å². The van der Waals surface area contributed by atoms with Crippen LogP contribution in [0.2, 0.25) is 0 Å². The maximum absolute atomic E-state index is 11.6. The van der Waals surface area contributed by atoms with Crippen LogP contribution < -0.4 is 0 Å². The average Bonchev–Trinajstić information content (AvgIpc) is 2.26. The van der Waals surface area contributed by atoms with Gasteiger partial charge in [-0.2, -0.15) is 0 Å². The predicted molar refractivity (Wildman–Crippen MR) is 61.9 cm³/mol. The Bertz CT molecular complexity index is 569. The summed E-state index contributed by atoms with van der Waals surface area (Å²) in [4.78, 5) is 21.4. The van der Waals surface area contributed by atoms with Gasteiger partial charge in [-0.25, -0.2) is 8.42 Å². The quantitative estimate of drug-likeness (QED) is 0.359. The molecule has 0 fully saturated rings. The van der Waals surface area contributed by atoms with Gasteiger partial charge in [0.1, 0.15) is 0 Å². The summed E-state index contributed by atoms with van der Waals surface area (Å²) in [6.45, 7) is 0. The molecule has 1 aromatic carbocycles. The highest BCUT2D eigenvalue weighted by Gasteiger charge is 2.27. The molecule has 0 N–H and O–H groups in total. The van der Waals surface area contributed by atoms with Gasteiger partial charge in [0.25, 0.3) is 5.69 Å². The van der Waals surface area contributed by atoms with Crippen molar-refractivity contribution in [3.8, 4) is 0 Å². The Morgan fingerprint density at radius 3 is 2.53 bits per heavy atom. The van der Waals surface area contributed by atoms with Crippen molar-refractivity contribution >= 4 is 32.9 Å². The Labute approximate surface area is 102 Å². The van der Waals surface area contributed by atoms with Crippen LogP contribution in [0.25, 0.3) is 0 Å². The first-order chi connectivity index (χ1) is 7.73. The van der Waals surface area contributed by atoms with Gasteiger partial charge in [0.05, 0.1) is 4.92 Å². The number of carbonyl (C=O) groups is 1. The lowest BCUT2D eigenvalue weighted by Crippen LogP contribution is -2.23. The zero-order valence-corrected chi connectivity index (χ0v) is 10.2. The van der Waals surface area contributed by atoms with Gasteiger partial charge in [0.2, 0.25) is 0 Å². The highest BCUT2D eigenvalue weighted by Crippen LogP contribution is 2.18. The summed E-state index contributed by atoms with van der Waals surface area (Å²) in [7, 11) is -3.74. The first-order valence-electron chi connectivity index (χ1n) is 4.35. The molecule has 0 saturated heterocycles. The molecule has 1 unspecified atom stereocenters. The van der Waals surface area contributed by atoms with Crippen molar-refractivity contribution in [1.82, 2.24) is 0 Å². The minimum atomic E-state index is -3.74. The first kappa shape index (κ1) is 13.6. The van der Waals surface area contributed by atoms with E-state index in [0.717, 1.165) is 12.3 Å². The van der Waals surface area contributed by atoms with Gasteiger partial charge in [-0.05, 0) is 0 Å². The second-order valence-electron chi connectivity index (χ2n) is 3.32. The molecular weight excluding hydrogens is 270 g/mol. The van der Waals surface area contributed by atoms with Crippen LogP contribution in [0.4, 0.5) is 5.69 Å². The van der Waals surface area contributed by atoms with Crippen LogP contribution in [0.1, 0.15) is 10.4 Å². The minimum absolute atomic E-state index is 0.107. The van der Waals surface area contributed by atoms with Crippen LogP contribution in [0.3, 0.4) is 0 Å². The summed E-state index contributed by atoms with van der Waals surface area (Å²) < 4.78 is 20.4. The Hall–Kier alpha value is -1.47. The van der Waals surface area contributed by atoms with E-state index in [9.17, 15) is 23.3 Å². The third-order valence-corrected chi connectivity index (χ3v) is 4.06. The van der Waals surface area contributed by atoms with Crippen LogP contribution >= 0.6 is 11.6 Å². The number of nitro benzene ring substituents is 1. The van der Waals surface area contributed by atoms with Gasteiger partial charge in [-0.1, -0.05) is 23.7 Å². The van der Waals surface area contributed by atoms with Gasteiger partial charge in [0, 0.05) is 24.0 Å². The number of rotatable bonds is 4. The predicted octanol–water partition coefficient (Wildman–Crippen LogP) is 1.39. The molecule has 0 radical (unpaired) electrons. The molecule has 1 rings (SSSR count). The number of benzene rings is 1. The molecule has 92 valence electrons. The molecule has 0 heterocycles. The number of carbonyl (C=O) groups excluding carboxylic acids is 1. The highest BCUT2D eigenvalue weighted by molar-refractivity contribution is 7.93. The van der Waals surface area contributed by atoms with Gasteiger partial charge in [0.15, 0.2) is 20.3 Å². The topological polar surface area (TPSA) is 94.3 Å². The molecule has 0 spiro atoms. The molecular formula is C9H8ClNO5S. The number of halogens is 1. The van der Waals surface area contributed by atoms with E-state index in [-0.39, 0.29) is 11.3 Å². The zero-order valence-electron chi connectivity index (χ0n) is 8.66. The van der Waals surface area contributed by atoms with Crippen LogP contribution in [0.15, 0.2) is 24.3 Å². The lowest BCUT2D eigenvalue weighted by atomic mass is 10.1. The second kappa shape index (κ2) is 4.80. The fraction of sp³-hybridized carbons (Fsp3) is 0.222. The Morgan fingerprint density at radius 1 is 1.47 bits per heavy atom. The third-order valence-electron chi connectivity index (χ3n) is 1.92. The molecule has 0 aromatic heterocycles. The number of alkyl halides is 1. The van der Waals surface area contributed by atoms with Crippen molar-refractivity contribution < 1.29 is 18.1 Å². The van der Waals surface area contributed by atoms with E-state index in [1.54, 1.807) is 0 Å². The highest BCUT2D eigenvalue weighted by atomic mass is 35.5. The minimum Gasteiger partial charge on any atom is -0.291 e. The lowest BCUT2D eigenvalue weighted by Gasteiger charge is -2.05. The van der Waals surface area contributed by atoms with Crippen molar-refractivity contribution in [3.63, 3.8) is 0 Å². The molecule has 0 amide bonds. The number of hydrogen-bond donors (Lipinski definition) is 0. The normalized spacial score (nSPS) is 13.1. The molecule has 0 aliphatic heterocycles. The molecule has 0 saturated carbocycles. The maximum Gasteiger partial charge on any atom is 0.270 e. The summed E-state index contributed by atoms with van der Waals surface area (Å²) in [6, 6.07) is 4.75. The second-order valence-corrected chi connectivity index (χ2v) is 6.14. The van der Waals surface area contributed by atoms with Crippen molar-refractivity contribution in [2.75, 3.05) is 6.26 Å². The van der Waals surface area contributed by atoms with E-state index in [1.807, 2.05) is 0 Å². The van der Waals surface area contributed by atoms with Gasteiger partial charge in [-0.3, -0.25) is 14.9 Å². The van der Waals surface area contributed by atoms with E-state index in [0.29, 0.717) is 0 Å². The number of sulfone groups is 1. The Kier molecular flexibility index (Phi) is 3.84. The third kappa shape index (κ3) is 3.24. The van der Waals surface area contributed by atoms with Gasteiger partial charge in [-0.15, -0.1) is 0 Å². The van der Waals surface area contributed by atoms with Crippen LogP contribution in [-0.4, -0.2) is 30.1 Å². The lowest BCUT2D eigenvalue weighted by molar-refractivity contribution is -0.384. The van der Waals surface area contributed by atoms with Crippen LogP contribution in [0.5, 0.6) is 0 Å². The van der Waals surface area contributed by atoms with E-state index < -0.39 is 25.3 Å². The standard InChI is InChI=1S/C9H8ClNO5S/c1-17(15,16)9(10)8(12)6-3-2-4-7(5-6)11(13)14/h2-5,9H,1H3. The zero-order chi connectivity index (χ0) is 13.2. The average molecular weight is 278 g/mol. The molecule has 8 heteroatoms. The van der Waals surface area contributed by atoms with Crippen LogP contribution in [-0.2, 0) is 9.84 Å². The fourth-order valence-corrected chi connectivity index (χ4v) is 1.75. The summed E-state index contributed by atoms with van der Waals surface area (Å²) in [5.41, 5.74) is -0.405. The van der Waals surface area contributed by atoms with E-state index in [2.05, 4.69) is 0 Å². The molecule has 0 aliphatic carbocycles. The van der Waals surface area contributed by atoms with Gasteiger partial charge < -0.3 is 0 Å². The summed E-state index contributed by atoms with van der Waals surface area (Å²) in [5, 5.41) is 10.5. The largest absolute Gasteiger partial charge is 0.291 e. The van der Waals surface area contributed by atoms with E-state index in [1.165, 1.54) is 18.2 Å². The van der Waals surface area contributed by atoms with Crippen LogP contribution in [0, 0.1) is 10.1 Å². The first-order valence-corrected chi connectivity index (χ1v) is 6.74.